The van der Waals surface area contributed by atoms with Crippen LogP contribution in [0.3, 0.4) is 0 Å². The molecule has 0 radical (unpaired) electrons. The lowest BCUT2D eigenvalue weighted by molar-refractivity contribution is -0.319. The van der Waals surface area contributed by atoms with Crippen LogP contribution in [-0.2, 0) is 4.74 Å². The van der Waals surface area contributed by atoms with Crippen LogP contribution in [0.4, 0.5) is 26.3 Å². The molecule has 0 bridgehead atoms. The zero-order chi connectivity index (χ0) is 11.6. The molecular weight excluding hydrogens is 214 g/mol. The topological polar surface area (TPSA) is 9.23 Å². The van der Waals surface area contributed by atoms with Gasteiger partial charge in [-0.05, 0) is 6.92 Å². The highest BCUT2D eigenvalue weighted by Crippen LogP contribution is 2.35. The third kappa shape index (κ3) is 4.50. The van der Waals surface area contributed by atoms with Crippen LogP contribution in [0.5, 0.6) is 0 Å². The van der Waals surface area contributed by atoms with E-state index in [9.17, 15) is 26.3 Å². The first kappa shape index (κ1) is 13.3. The minimum atomic E-state index is -5.45. The van der Waals surface area contributed by atoms with Gasteiger partial charge < -0.3 is 4.74 Å². The molecule has 0 spiro atoms. The van der Waals surface area contributed by atoms with E-state index in [0.717, 1.165) is 0 Å². The maximum absolute atomic E-state index is 11.8. The van der Waals surface area contributed by atoms with Crippen molar-refractivity contribution in [3.8, 4) is 0 Å². The second-order valence-corrected chi connectivity index (χ2v) is 2.73. The molecule has 0 aromatic heterocycles. The Labute approximate surface area is 76.3 Å². The van der Waals surface area contributed by atoms with Crippen molar-refractivity contribution in [3.63, 3.8) is 0 Å². The highest BCUT2D eigenvalue weighted by atomic mass is 19.4. The van der Waals surface area contributed by atoms with E-state index in [1.807, 2.05) is 0 Å². The highest BCUT2D eigenvalue weighted by molar-refractivity contribution is 4.89. The zero-order valence-electron chi connectivity index (χ0n) is 7.17. The molecule has 0 heterocycles. The van der Waals surface area contributed by atoms with Gasteiger partial charge in [-0.2, -0.15) is 26.3 Å². The molecule has 0 aliphatic carbocycles. The van der Waals surface area contributed by atoms with Crippen molar-refractivity contribution < 1.29 is 31.1 Å². The molecule has 0 N–H and O–H groups in total. The number of alkyl halides is 6. The molecule has 0 unspecified atom stereocenters. The van der Waals surface area contributed by atoms with Gasteiger partial charge in [-0.1, -0.05) is 12.2 Å². The molecule has 0 aliphatic heterocycles. The molecule has 7 heteroatoms. The lowest BCUT2D eigenvalue weighted by Crippen LogP contribution is -2.44. The van der Waals surface area contributed by atoms with E-state index in [0.29, 0.717) is 0 Å². The fraction of sp³-hybridized carbons (Fsp3) is 0.714. The van der Waals surface area contributed by atoms with E-state index in [4.69, 9.17) is 0 Å². The predicted molar refractivity (Wildman–Crippen MR) is 36.7 cm³/mol. The van der Waals surface area contributed by atoms with Crippen LogP contribution in [0.25, 0.3) is 0 Å². The third-order valence-electron chi connectivity index (χ3n) is 1.09. The van der Waals surface area contributed by atoms with E-state index >= 15 is 0 Å². The highest BCUT2D eigenvalue weighted by Gasteiger charge is 2.57. The molecular formula is C7H8F6O. The van der Waals surface area contributed by atoms with Gasteiger partial charge in [0, 0.05) is 0 Å². The summed E-state index contributed by atoms with van der Waals surface area (Å²) in [6, 6.07) is 0. The molecule has 0 aliphatic rings. The van der Waals surface area contributed by atoms with Gasteiger partial charge in [0.25, 0.3) is 0 Å². The summed E-state index contributed by atoms with van der Waals surface area (Å²) in [4.78, 5) is 0. The largest absolute Gasteiger partial charge is 0.423 e. The van der Waals surface area contributed by atoms with Gasteiger partial charge >= 0.3 is 12.4 Å². The zero-order valence-corrected chi connectivity index (χ0v) is 7.17. The summed E-state index contributed by atoms with van der Waals surface area (Å²) in [5.74, 6) is 0. The SMILES string of the molecule is C=C(C)COC(C(F)(F)F)C(F)(F)F. The molecule has 0 saturated carbocycles. The van der Waals surface area contributed by atoms with E-state index in [1.165, 1.54) is 6.92 Å². The molecule has 0 saturated heterocycles. The van der Waals surface area contributed by atoms with Crippen molar-refractivity contribution >= 4 is 0 Å². The molecule has 0 atom stereocenters. The van der Waals surface area contributed by atoms with Gasteiger partial charge in [0.2, 0.25) is 6.10 Å². The molecule has 1 nitrogen and oxygen atoms in total. The normalized spacial score (nSPS) is 13.4. The van der Waals surface area contributed by atoms with Crippen LogP contribution in [-0.4, -0.2) is 25.1 Å². The average Bonchev–Trinajstić information content (AvgIpc) is 1.78. The van der Waals surface area contributed by atoms with E-state index < -0.39 is 25.1 Å². The summed E-state index contributed by atoms with van der Waals surface area (Å²) >= 11 is 0. The van der Waals surface area contributed by atoms with Crippen LogP contribution in [0.1, 0.15) is 6.92 Å². The molecule has 0 fully saturated rings. The summed E-state index contributed by atoms with van der Waals surface area (Å²) < 4.78 is 74.4. The second-order valence-electron chi connectivity index (χ2n) is 2.73. The first-order valence-corrected chi connectivity index (χ1v) is 3.44. The first-order chi connectivity index (χ1) is 6.05. The van der Waals surface area contributed by atoms with Gasteiger partial charge in [0.1, 0.15) is 0 Å². The van der Waals surface area contributed by atoms with Gasteiger partial charge in [-0.15, -0.1) is 0 Å². The van der Waals surface area contributed by atoms with Crippen LogP contribution < -0.4 is 0 Å². The monoisotopic (exact) mass is 222 g/mol. The smallest absolute Gasteiger partial charge is 0.357 e. The number of ether oxygens (including phenoxy) is 1. The molecule has 14 heavy (non-hydrogen) atoms. The van der Waals surface area contributed by atoms with E-state index in [1.54, 1.807) is 0 Å². The molecule has 84 valence electrons. The Kier molecular flexibility index (Phi) is 3.99. The number of hydrogen-bond acceptors (Lipinski definition) is 1. The Morgan fingerprint density at radius 1 is 1.14 bits per heavy atom. The van der Waals surface area contributed by atoms with Crippen LogP contribution in [0.15, 0.2) is 12.2 Å². The average molecular weight is 222 g/mol. The van der Waals surface area contributed by atoms with Crippen molar-refractivity contribution in [1.82, 2.24) is 0 Å². The number of rotatable bonds is 3. The summed E-state index contributed by atoms with van der Waals surface area (Å²) in [6.07, 6.45) is -14.6. The minimum absolute atomic E-state index is 0.0866. The Hall–Kier alpha value is -0.720. The van der Waals surface area contributed by atoms with Crippen LogP contribution in [0.2, 0.25) is 0 Å². The van der Waals surface area contributed by atoms with Crippen molar-refractivity contribution in [1.29, 1.82) is 0 Å². The first-order valence-electron chi connectivity index (χ1n) is 3.44. The van der Waals surface area contributed by atoms with Gasteiger partial charge in [0.15, 0.2) is 0 Å². The Morgan fingerprint density at radius 2 is 1.50 bits per heavy atom. The van der Waals surface area contributed by atoms with Crippen molar-refractivity contribution in [2.45, 2.75) is 25.4 Å². The maximum Gasteiger partial charge on any atom is 0.423 e. The second kappa shape index (κ2) is 4.20. The molecule has 0 aromatic carbocycles. The van der Waals surface area contributed by atoms with Gasteiger partial charge in [-0.3, -0.25) is 0 Å². The molecule has 0 aromatic rings. The van der Waals surface area contributed by atoms with Gasteiger partial charge in [0.05, 0.1) is 6.61 Å². The van der Waals surface area contributed by atoms with E-state index in [2.05, 4.69) is 11.3 Å². The minimum Gasteiger partial charge on any atom is -0.357 e. The Balaban J connectivity index is 4.51. The standard InChI is InChI=1S/C7H8F6O/c1-4(2)3-14-5(6(8,9)10)7(11,12)13/h5H,1,3H2,2H3. The fourth-order valence-corrected chi connectivity index (χ4v) is 0.600. The van der Waals surface area contributed by atoms with Crippen LogP contribution in [0, 0.1) is 0 Å². The lowest BCUT2D eigenvalue weighted by atomic mass is 10.3. The Bertz CT molecular complexity index is 189. The summed E-state index contributed by atoms with van der Waals surface area (Å²) in [5.41, 5.74) is 0.0866. The van der Waals surface area contributed by atoms with Crippen molar-refractivity contribution in [3.05, 3.63) is 12.2 Å². The maximum atomic E-state index is 11.8. The number of hydrogen-bond donors (Lipinski definition) is 0. The quantitative estimate of drug-likeness (QED) is 0.526. The lowest BCUT2D eigenvalue weighted by Gasteiger charge is -2.22. The van der Waals surface area contributed by atoms with Crippen molar-refractivity contribution in [2.75, 3.05) is 6.61 Å². The summed E-state index contributed by atoms with van der Waals surface area (Å²) in [5, 5.41) is 0. The molecule has 0 amide bonds. The number of halogens is 6. The third-order valence-corrected chi connectivity index (χ3v) is 1.09. The molecule has 0 rings (SSSR count). The fourth-order valence-electron chi connectivity index (χ4n) is 0.600. The van der Waals surface area contributed by atoms with Crippen molar-refractivity contribution in [2.24, 2.45) is 0 Å². The van der Waals surface area contributed by atoms with Gasteiger partial charge in [-0.25, -0.2) is 0 Å². The predicted octanol–water partition coefficient (Wildman–Crippen LogP) is 3.07. The summed E-state index contributed by atoms with van der Waals surface area (Å²) in [7, 11) is 0. The summed E-state index contributed by atoms with van der Waals surface area (Å²) in [6.45, 7) is 3.63. The van der Waals surface area contributed by atoms with E-state index in [-0.39, 0.29) is 5.57 Å². The van der Waals surface area contributed by atoms with Crippen LogP contribution >= 0.6 is 0 Å². The Morgan fingerprint density at radius 3 is 1.71 bits per heavy atom.